The van der Waals surface area contributed by atoms with E-state index in [1.807, 2.05) is 0 Å². The second-order valence-corrected chi connectivity index (χ2v) is 6.65. The maximum absolute atomic E-state index is 12.1. The van der Waals surface area contributed by atoms with Gasteiger partial charge in [0.2, 0.25) is 0 Å². The van der Waals surface area contributed by atoms with Crippen LogP contribution in [0.5, 0.6) is 0 Å². The van der Waals surface area contributed by atoms with Crippen molar-refractivity contribution in [2.45, 2.75) is 10.8 Å². The fraction of sp³-hybridized carbons (Fsp3) is 0.778. The van der Waals surface area contributed by atoms with Crippen molar-refractivity contribution >= 4 is 54.2 Å². The first-order chi connectivity index (χ1) is 8.47. The minimum atomic E-state index is -3.73. The number of hydrogen-bond donors (Lipinski definition) is 0. The molecular formula is C9H15Cl4O4P. The molecule has 0 heterocycles. The fourth-order valence-corrected chi connectivity index (χ4v) is 2.41. The topological polar surface area (TPSA) is 44.8 Å². The monoisotopic (exact) mass is 358 g/mol. The second-order valence-electron chi connectivity index (χ2n) is 3.13. The van der Waals surface area contributed by atoms with E-state index in [-0.39, 0.29) is 31.6 Å². The molecule has 0 saturated heterocycles. The number of rotatable bonds is 11. The van der Waals surface area contributed by atoms with E-state index in [1.54, 1.807) is 0 Å². The summed E-state index contributed by atoms with van der Waals surface area (Å²) in [4.78, 5) is 0. The van der Waals surface area contributed by atoms with Gasteiger partial charge >= 0.3 is 7.82 Å². The lowest BCUT2D eigenvalue weighted by Crippen LogP contribution is -2.15. The maximum Gasteiger partial charge on any atom is 0.475 e. The van der Waals surface area contributed by atoms with Crippen LogP contribution in [0.4, 0.5) is 0 Å². The largest absolute Gasteiger partial charge is 0.475 e. The van der Waals surface area contributed by atoms with Crippen LogP contribution in [0.15, 0.2) is 12.7 Å². The lowest BCUT2D eigenvalue weighted by Gasteiger charge is -2.19. The Hall–Kier alpha value is 1.01. The van der Waals surface area contributed by atoms with Gasteiger partial charge in [0.05, 0.1) is 30.6 Å². The molecule has 4 nitrogen and oxygen atoms in total. The summed E-state index contributed by atoms with van der Waals surface area (Å²) in [5.41, 5.74) is 0. The Balaban J connectivity index is 4.32. The van der Waals surface area contributed by atoms with Gasteiger partial charge in [-0.25, -0.2) is 4.57 Å². The van der Waals surface area contributed by atoms with Crippen LogP contribution in [-0.2, 0) is 18.1 Å². The highest BCUT2D eigenvalue weighted by molar-refractivity contribution is 7.48. The van der Waals surface area contributed by atoms with Gasteiger partial charge in [-0.2, -0.15) is 0 Å². The molecule has 2 atom stereocenters. The molecule has 0 aliphatic carbocycles. The molecule has 0 radical (unpaired) electrons. The normalized spacial score (nSPS) is 18.0. The minimum Gasteiger partial charge on any atom is -0.285 e. The highest BCUT2D eigenvalue weighted by Gasteiger charge is 2.28. The molecule has 0 aromatic rings. The zero-order chi connectivity index (χ0) is 14.0. The Labute approximate surface area is 127 Å². The van der Waals surface area contributed by atoms with E-state index in [0.717, 1.165) is 0 Å². The third kappa shape index (κ3) is 9.00. The van der Waals surface area contributed by atoms with Crippen LogP contribution in [0.1, 0.15) is 0 Å². The Bertz CT molecular complexity index is 261. The van der Waals surface area contributed by atoms with E-state index >= 15 is 0 Å². The number of alkyl halides is 4. The summed E-state index contributed by atoms with van der Waals surface area (Å²) in [7, 11) is -3.73. The summed E-state index contributed by atoms with van der Waals surface area (Å²) in [6.07, 6.45) is 1.42. The van der Waals surface area contributed by atoms with E-state index in [9.17, 15) is 4.57 Å². The van der Waals surface area contributed by atoms with Gasteiger partial charge in [-0.3, -0.25) is 13.6 Å². The molecule has 0 fully saturated rings. The van der Waals surface area contributed by atoms with Crippen molar-refractivity contribution in [2.75, 3.05) is 31.6 Å². The van der Waals surface area contributed by atoms with E-state index in [2.05, 4.69) is 6.58 Å². The number of hydrogen-bond acceptors (Lipinski definition) is 4. The van der Waals surface area contributed by atoms with E-state index < -0.39 is 18.6 Å². The minimum absolute atomic E-state index is 0.0128. The van der Waals surface area contributed by atoms with Crippen molar-refractivity contribution in [2.24, 2.45) is 0 Å². The zero-order valence-corrected chi connectivity index (χ0v) is 13.5. The molecule has 0 aliphatic rings. The van der Waals surface area contributed by atoms with Crippen molar-refractivity contribution in [1.82, 2.24) is 0 Å². The van der Waals surface area contributed by atoms with Crippen LogP contribution in [0.25, 0.3) is 0 Å². The van der Waals surface area contributed by atoms with Gasteiger partial charge < -0.3 is 0 Å². The first-order valence-corrected chi connectivity index (χ1v) is 8.42. The summed E-state index contributed by atoms with van der Waals surface area (Å²) < 4.78 is 27.1. The summed E-state index contributed by atoms with van der Waals surface area (Å²) in [5.74, 6) is 0.311. The molecular weight excluding hydrogens is 345 g/mol. The quantitative estimate of drug-likeness (QED) is 0.317. The Morgan fingerprint density at radius 3 is 1.83 bits per heavy atom. The molecule has 108 valence electrons. The third-order valence-electron chi connectivity index (χ3n) is 1.51. The van der Waals surface area contributed by atoms with Gasteiger partial charge in [0.25, 0.3) is 0 Å². The van der Waals surface area contributed by atoms with Gasteiger partial charge in [0.15, 0.2) is 0 Å². The molecule has 0 spiro atoms. The molecule has 2 unspecified atom stereocenters. The second kappa shape index (κ2) is 10.8. The van der Waals surface area contributed by atoms with E-state index in [4.69, 9.17) is 60.0 Å². The van der Waals surface area contributed by atoms with Crippen LogP contribution in [0, 0.1) is 0 Å². The molecule has 0 N–H and O–H groups in total. The van der Waals surface area contributed by atoms with E-state index in [0.29, 0.717) is 0 Å². The molecule has 0 rings (SSSR count). The molecule has 18 heavy (non-hydrogen) atoms. The maximum atomic E-state index is 12.1. The Kier molecular flexibility index (Phi) is 11.4. The van der Waals surface area contributed by atoms with Gasteiger partial charge in [-0.05, 0) is 0 Å². The third-order valence-corrected chi connectivity index (χ3v) is 4.53. The summed E-state index contributed by atoms with van der Waals surface area (Å²) in [5, 5.41) is -0.980. The number of phosphoric acid groups is 1. The number of phosphoric ester groups is 1. The average Bonchev–Trinajstić information content (AvgIpc) is 2.40. The van der Waals surface area contributed by atoms with Crippen LogP contribution in [0.3, 0.4) is 0 Å². The van der Waals surface area contributed by atoms with Crippen molar-refractivity contribution in [3.8, 4) is 0 Å². The highest BCUT2D eigenvalue weighted by Crippen LogP contribution is 2.49. The molecule has 0 aromatic heterocycles. The molecule has 0 bridgehead atoms. The van der Waals surface area contributed by atoms with Gasteiger partial charge in [0, 0.05) is 11.8 Å². The zero-order valence-electron chi connectivity index (χ0n) is 9.57. The molecule has 0 aromatic carbocycles. The van der Waals surface area contributed by atoms with Crippen LogP contribution < -0.4 is 0 Å². The molecule has 0 saturated carbocycles. The smallest absolute Gasteiger partial charge is 0.285 e. The molecule has 0 aliphatic heterocycles. The van der Waals surface area contributed by atoms with E-state index in [1.165, 1.54) is 6.08 Å². The molecule has 0 amide bonds. The average molecular weight is 360 g/mol. The van der Waals surface area contributed by atoms with Gasteiger partial charge in [0.1, 0.15) is 0 Å². The fourth-order valence-electron chi connectivity index (χ4n) is 0.689. The number of halogens is 4. The first kappa shape index (κ1) is 19.0. The predicted octanol–water partition coefficient (Wildman–Crippen LogP) is 4.02. The lowest BCUT2D eigenvalue weighted by molar-refractivity contribution is 0.123. The standard InChI is InChI=1S/C9H15Cl4O4P/c1-2-3-15-18(14,16-6-8(12)4-10)17-7-9(13)5-11/h2,8-9H,1,3-7H2. The predicted molar refractivity (Wildman–Crippen MR) is 76.4 cm³/mol. The summed E-state index contributed by atoms with van der Waals surface area (Å²) in [6.45, 7) is 3.32. The first-order valence-electron chi connectivity index (χ1n) is 5.02. The molecule has 9 heteroatoms. The van der Waals surface area contributed by atoms with Crippen LogP contribution in [0.2, 0.25) is 0 Å². The summed E-state index contributed by atoms with van der Waals surface area (Å²) >= 11 is 22.5. The van der Waals surface area contributed by atoms with Gasteiger partial charge in [-0.15, -0.1) is 53.0 Å². The van der Waals surface area contributed by atoms with Gasteiger partial charge in [-0.1, -0.05) is 6.08 Å². The Morgan fingerprint density at radius 1 is 1.06 bits per heavy atom. The SMILES string of the molecule is C=CCOP(=O)(OCC(Cl)CCl)OCC(Cl)CCl. The van der Waals surface area contributed by atoms with Crippen molar-refractivity contribution in [1.29, 1.82) is 0 Å². The van der Waals surface area contributed by atoms with Crippen molar-refractivity contribution in [3.63, 3.8) is 0 Å². The van der Waals surface area contributed by atoms with Crippen molar-refractivity contribution in [3.05, 3.63) is 12.7 Å². The lowest BCUT2D eigenvalue weighted by atomic mass is 10.5. The van der Waals surface area contributed by atoms with Crippen LogP contribution >= 0.6 is 54.2 Å². The summed E-state index contributed by atoms with van der Waals surface area (Å²) in [6, 6.07) is 0. The van der Waals surface area contributed by atoms with Crippen molar-refractivity contribution < 1.29 is 18.1 Å². The highest BCUT2D eigenvalue weighted by atomic mass is 35.5. The van der Waals surface area contributed by atoms with Crippen LogP contribution in [-0.4, -0.2) is 42.3 Å². The Morgan fingerprint density at radius 2 is 1.50 bits per heavy atom.